The number of hydrogen-bond acceptors (Lipinski definition) is 3. The molecule has 0 N–H and O–H groups in total. The second-order valence-corrected chi connectivity index (χ2v) is 7.41. The maximum atomic E-state index is 4.33. The van der Waals surface area contributed by atoms with Gasteiger partial charge in [-0.1, -0.05) is 65.7 Å². The first-order chi connectivity index (χ1) is 14.7. The fourth-order valence-corrected chi connectivity index (χ4v) is 3.28. The van der Waals surface area contributed by atoms with Crippen LogP contribution < -0.4 is 4.90 Å². The molecular weight excluding hydrogens is 366 g/mol. The molecular formula is C27H25N3. The van der Waals surface area contributed by atoms with Crippen LogP contribution in [0.15, 0.2) is 113 Å². The zero-order valence-electron chi connectivity index (χ0n) is 17.4. The van der Waals surface area contributed by atoms with Gasteiger partial charge in [-0.3, -0.25) is 0 Å². The summed E-state index contributed by atoms with van der Waals surface area (Å²) >= 11 is 0. The fraction of sp³-hybridized carbons (Fsp3) is 0.111. The molecule has 0 amide bonds. The lowest BCUT2D eigenvalue weighted by molar-refractivity contribution is 0.959. The lowest BCUT2D eigenvalue weighted by atomic mass is 10.1. The maximum Gasteiger partial charge on any atom is 0.0853 e. The number of anilines is 3. The molecule has 0 aliphatic rings. The third-order valence-corrected chi connectivity index (χ3v) is 4.97. The lowest BCUT2D eigenvalue weighted by Gasteiger charge is -2.26. The number of rotatable bonds is 6. The van der Waals surface area contributed by atoms with Gasteiger partial charge in [0.2, 0.25) is 0 Å². The molecule has 0 aliphatic carbocycles. The molecule has 0 saturated heterocycles. The van der Waals surface area contributed by atoms with Crippen molar-refractivity contribution in [3.63, 3.8) is 0 Å². The minimum atomic E-state index is 0.560. The van der Waals surface area contributed by atoms with Crippen molar-refractivity contribution in [2.24, 2.45) is 10.2 Å². The predicted molar refractivity (Wildman–Crippen MR) is 125 cm³/mol. The van der Waals surface area contributed by atoms with Crippen LogP contribution in [0.2, 0.25) is 0 Å². The van der Waals surface area contributed by atoms with Crippen LogP contribution in [0.5, 0.6) is 0 Å². The van der Waals surface area contributed by atoms with E-state index in [4.69, 9.17) is 0 Å². The molecule has 0 spiro atoms. The third-order valence-electron chi connectivity index (χ3n) is 4.97. The molecule has 0 aromatic heterocycles. The van der Waals surface area contributed by atoms with E-state index < -0.39 is 0 Å². The molecule has 4 aromatic rings. The first kappa shape index (κ1) is 19.6. The molecule has 0 bridgehead atoms. The molecule has 4 aromatic carbocycles. The Labute approximate surface area is 178 Å². The van der Waals surface area contributed by atoms with E-state index >= 15 is 0 Å². The van der Waals surface area contributed by atoms with Crippen LogP contribution >= 0.6 is 0 Å². The Morgan fingerprint density at radius 3 is 1.53 bits per heavy atom. The van der Waals surface area contributed by atoms with Crippen LogP contribution in [0.4, 0.5) is 22.7 Å². The minimum absolute atomic E-state index is 0.560. The van der Waals surface area contributed by atoms with Gasteiger partial charge in [0, 0.05) is 17.1 Å². The molecule has 4 rings (SSSR count). The van der Waals surface area contributed by atoms with Gasteiger partial charge in [0.25, 0.3) is 0 Å². The van der Waals surface area contributed by atoms with Gasteiger partial charge in [0.1, 0.15) is 0 Å². The van der Waals surface area contributed by atoms with Crippen molar-refractivity contribution in [1.82, 2.24) is 0 Å². The van der Waals surface area contributed by atoms with Crippen LogP contribution in [0.25, 0.3) is 0 Å². The topological polar surface area (TPSA) is 28.0 Å². The molecule has 0 saturated carbocycles. The molecule has 0 unspecified atom stereocenters. The van der Waals surface area contributed by atoms with E-state index in [9.17, 15) is 0 Å². The highest BCUT2D eigenvalue weighted by Crippen LogP contribution is 2.34. The van der Waals surface area contributed by atoms with Gasteiger partial charge < -0.3 is 4.90 Å². The van der Waals surface area contributed by atoms with Crippen molar-refractivity contribution in [2.75, 3.05) is 4.90 Å². The largest absolute Gasteiger partial charge is 0.311 e. The number of nitrogens with zero attached hydrogens (tertiary/aromatic N) is 3. The van der Waals surface area contributed by atoms with Gasteiger partial charge >= 0.3 is 0 Å². The molecule has 0 radical (unpaired) electrons. The summed E-state index contributed by atoms with van der Waals surface area (Å²) < 4.78 is 0. The van der Waals surface area contributed by atoms with E-state index in [2.05, 4.69) is 102 Å². The maximum absolute atomic E-state index is 4.33. The third kappa shape index (κ3) is 4.81. The summed E-state index contributed by atoms with van der Waals surface area (Å²) in [5, 5.41) is 8.62. The van der Waals surface area contributed by atoms with Crippen molar-refractivity contribution in [2.45, 2.75) is 20.4 Å². The Hall–Kier alpha value is -3.72. The normalized spacial score (nSPS) is 11.0. The monoisotopic (exact) mass is 391 g/mol. The highest BCUT2D eigenvalue weighted by atomic mass is 15.1. The summed E-state index contributed by atoms with van der Waals surface area (Å²) in [4.78, 5) is 2.27. The van der Waals surface area contributed by atoms with E-state index in [0.29, 0.717) is 6.54 Å². The van der Waals surface area contributed by atoms with Crippen LogP contribution in [0.3, 0.4) is 0 Å². The second kappa shape index (κ2) is 9.19. The Kier molecular flexibility index (Phi) is 6.00. The van der Waals surface area contributed by atoms with E-state index in [1.807, 2.05) is 30.3 Å². The van der Waals surface area contributed by atoms with Gasteiger partial charge in [-0.15, -0.1) is 0 Å². The highest BCUT2D eigenvalue weighted by molar-refractivity contribution is 5.76. The summed E-state index contributed by atoms with van der Waals surface area (Å²) in [6, 6.07) is 35.6. The fourth-order valence-electron chi connectivity index (χ4n) is 3.28. The number of azo groups is 1. The Morgan fingerprint density at radius 1 is 0.567 bits per heavy atom. The Balaban J connectivity index is 1.58. The van der Waals surface area contributed by atoms with Gasteiger partial charge in [0.05, 0.1) is 12.2 Å². The van der Waals surface area contributed by atoms with Crippen molar-refractivity contribution in [1.29, 1.82) is 0 Å². The molecule has 3 heteroatoms. The van der Waals surface area contributed by atoms with Crippen molar-refractivity contribution < 1.29 is 0 Å². The SMILES string of the molecule is Cc1ccc(N(c2ccc(C)cc2)c2ccc(CN=Nc3ccccc3)cc2)cc1. The standard InChI is InChI=1S/C27H25N3/c1-21-8-14-25(15-9-21)30(26-16-10-22(2)11-17-26)27-18-12-23(13-19-27)20-28-29-24-6-4-3-5-7-24/h3-19H,20H2,1-2H3. The van der Waals surface area contributed by atoms with Crippen LogP contribution in [-0.4, -0.2) is 0 Å². The summed E-state index contributed by atoms with van der Waals surface area (Å²) in [6.07, 6.45) is 0. The zero-order chi connectivity index (χ0) is 20.8. The van der Waals surface area contributed by atoms with Crippen LogP contribution in [0, 0.1) is 13.8 Å². The summed E-state index contributed by atoms with van der Waals surface area (Å²) in [5.41, 5.74) is 7.90. The molecule has 0 fully saturated rings. The van der Waals surface area contributed by atoms with Crippen molar-refractivity contribution >= 4 is 22.7 Å². The first-order valence-corrected chi connectivity index (χ1v) is 10.1. The summed E-state index contributed by atoms with van der Waals surface area (Å²) in [6.45, 7) is 4.78. The molecule has 0 heterocycles. The van der Waals surface area contributed by atoms with Crippen molar-refractivity contribution in [3.05, 3.63) is 120 Å². The average molecular weight is 392 g/mol. The Bertz CT molecular complexity index is 1050. The minimum Gasteiger partial charge on any atom is -0.311 e. The van der Waals surface area contributed by atoms with Gasteiger partial charge in [-0.05, 0) is 67.9 Å². The molecule has 0 aliphatic heterocycles. The summed E-state index contributed by atoms with van der Waals surface area (Å²) in [7, 11) is 0. The second-order valence-electron chi connectivity index (χ2n) is 7.41. The van der Waals surface area contributed by atoms with Crippen molar-refractivity contribution in [3.8, 4) is 0 Å². The Morgan fingerprint density at radius 2 is 1.03 bits per heavy atom. The lowest BCUT2D eigenvalue weighted by Crippen LogP contribution is -2.09. The predicted octanol–water partition coefficient (Wildman–Crippen LogP) is 8.06. The number of aryl methyl sites for hydroxylation is 2. The van der Waals surface area contributed by atoms with E-state index in [1.165, 1.54) is 11.1 Å². The number of hydrogen-bond donors (Lipinski definition) is 0. The van der Waals surface area contributed by atoms with Crippen LogP contribution in [-0.2, 0) is 6.54 Å². The smallest absolute Gasteiger partial charge is 0.0853 e. The van der Waals surface area contributed by atoms with Gasteiger partial charge in [-0.2, -0.15) is 10.2 Å². The molecule has 0 atom stereocenters. The molecule has 148 valence electrons. The quantitative estimate of drug-likeness (QED) is 0.305. The van der Waals surface area contributed by atoms with Gasteiger partial charge in [0.15, 0.2) is 0 Å². The number of benzene rings is 4. The molecule has 3 nitrogen and oxygen atoms in total. The first-order valence-electron chi connectivity index (χ1n) is 10.1. The van der Waals surface area contributed by atoms with Gasteiger partial charge in [-0.25, -0.2) is 0 Å². The van der Waals surface area contributed by atoms with E-state index in [0.717, 1.165) is 28.3 Å². The van der Waals surface area contributed by atoms with Crippen LogP contribution in [0.1, 0.15) is 16.7 Å². The summed E-state index contributed by atoms with van der Waals surface area (Å²) in [5.74, 6) is 0. The molecule has 30 heavy (non-hydrogen) atoms. The van der Waals surface area contributed by atoms with E-state index in [-0.39, 0.29) is 0 Å². The zero-order valence-corrected chi connectivity index (χ0v) is 17.4. The average Bonchev–Trinajstić information content (AvgIpc) is 2.78. The van der Waals surface area contributed by atoms with E-state index in [1.54, 1.807) is 0 Å². The highest BCUT2D eigenvalue weighted by Gasteiger charge is 2.12.